The summed E-state index contributed by atoms with van der Waals surface area (Å²) < 4.78 is 0. The molecule has 176 valence electrons. The number of nitrogens with one attached hydrogen (secondary N) is 1. The van der Waals surface area contributed by atoms with Gasteiger partial charge in [-0.3, -0.25) is 9.59 Å². The maximum Gasteiger partial charge on any atom is 0.227 e. The zero-order chi connectivity index (χ0) is 23.9. The van der Waals surface area contributed by atoms with Crippen LogP contribution >= 0.6 is 22.9 Å². The second kappa shape index (κ2) is 11.8. The number of halogens is 1. The van der Waals surface area contributed by atoms with Crippen LogP contribution in [0.15, 0.2) is 24.3 Å². The van der Waals surface area contributed by atoms with Crippen LogP contribution in [0.4, 0.5) is 5.13 Å². The number of anilines is 1. The molecule has 32 heavy (non-hydrogen) atoms. The standard InChI is InChI=1S/C24H35ClN4O2S/c1-7-17(3)29(21(31)14-16(2)15-24(4,5)6)13-12-20(30)26-23-28-27-22(32-23)18-8-10-19(25)11-9-18/h8-11,16-17H,7,12-15H2,1-6H3,(H,26,28,30). The van der Waals surface area contributed by atoms with Crippen molar-refractivity contribution in [1.29, 1.82) is 0 Å². The summed E-state index contributed by atoms with van der Waals surface area (Å²) in [5.74, 6) is 0.244. The van der Waals surface area contributed by atoms with Crippen LogP contribution in [0, 0.1) is 11.3 Å². The Morgan fingerprint density at radius 2 is 1.81 bits per heavy atom. The first-order valence-electron chi connectivity index (χ1n) is 11.2. The minimum atomic E-state index is -0.173. The van der Waals surface area contributed by atoms with Crippen molar-refractivity contribution >= 4 is 39.9 Å². The quantitative estimate of drug-likeness (QED) is 0.436. The van der Waals surface area contributed by atoms with E-state index in [0.717, 1.165) is 18.4 Å². The molecule has 0 radical (unpaired) electrons. The van der Waals surface area contributed by atoms with Gasteiger partial charge < -0.3 is 10.2 Å². The van der Waals surface area contributed by atoms with Gasteiger partial charge in [0.05, 0.1) is 0 Å². The van der Waals surface area contributed by atoms with Gasteiger partial charge in [0.1, 0.15) is 5.01 Å². The van der Waals surface area contributed by atoms with Gasteiger partial charge in [0.15, 0.2) is 0 Å². The SMILES string of the molecule is CCC(C)N(CCC(=O)Nc1nnc(-c2ccc(Cl)cc2)s1)C(=O)CC(C)CC(C)(C)C. The molecule has 2 rings (SSSR count). The highest BCUT2D eigenvalue weighted by atomic mass is 35.5. The van der Waals surface area contributed by atoms with Crippen LogP contribution in [0.1, 0.15) is 67.2 Å². The van der Waals surface area contributed by atoms with Gasteiger partial charge in [0, 0.05) is 36.0 Å². The second-order valence-electron chi connectivity index (χ2n) is 9.64. The van der Waals surface area contributed by atoms with Gasteiger partial charge in [-0.25, -0.2) is 0 Å². The summed E-state index contributed by atoms with van der Waals surface area (Å²) in [6, 6.07) is 7.41. The smallest absolute Gasteiger partial charge is 0.227 e. The lowest BCUT2D eigenvalue weighted by molar-refractivity contribution is -0.134. The van der Waals surface area contributed by atoms with Crippen molar-refractivity contribution in [3.05, 3.63) is 29.3 Å². The van der Waals surface area contributed by atoms with Crippen LogP contribution in [-0.2, 0) is 9.59 Å². The Morgan fingerprint density at radius 3 is 2.41 bits per heavy atom. The number of hydrogen-bond acceptors (Lipinski definition) is 5. The van der Waals surface area contributed by atoms with Gasteiger partial charge in [0.25, 0.3) is 0 Å². The molecule has 2 atom stereocenters. The fraction of sp³-hybridized carbons (Fsp3) is 0.583. The third-order valence-corrected chi connectivity index (χ3v) is 6.41. The summed E-state index contributed by atoms with van der Waals surface area (Å²) in [5, 5.41) is 12.8. The van der Waals surface area contributed by atoms with Crippen LogP contribution in [0.25, 0.3) is 10.6 Å². The monoisotopic (exact) mass is 478 g/mol. The van der Waals surface area contributed by atoms with Crippen LogP contribution in [-0.4, -0.2) is 39.5 Å². The molecule has 0 aliphatic heterocycles. The van der Waals surface area contributed by atoms with E-state index < -0.39 is 0 Å². The molecule has 0 saturated carbocycles. The summed E-state index contributed by atoms with van der Waals surface area (Å²) in [7, 11) is 0. The predicted molar refractivity (Wildman–Crippen MR) is 133 cm³/mol. The molecule has 8 heteroatoms. The third-order valence-electron chi connectivity index (χ3n) is 5.27. The molecule has 2 amide bonds. The van der Waals surface area contributed by atoms with E-state index in [1.165, 1.54) is 11.3 Å². The van der Waals surface area contributed by atoms with Crippen LogP contribution < -0.4 is 5.32 Å². The number of nitrogens with zero attached hydrogens (tertiary/aromatic N) is 3. The number of rotatable bonds is 10. The third kappa shape index (κ3) is 8.51. The number of benzene rings is 1. The Balaban J connectivity index is 1.93. The fourth-order valence-corrected chi connectivity index (χ4v) is 4.62. The second-order valence-corrected chi connectivity index (χ2v) is 11.0. The Morgan fingerprint density at radius 1 is 1.16 bits per heavy atom. The zero-order valence-electron chi connectivity index (χ0n) is 19.9. The lowest BCUT2D eigenvalue weighted by atomic mass is 9.84. The number of carbonyl (C=O) groups is 2. The summed E-state index contributed by atoms with van der Waals surface area (Å²) in [5.41, 5.74) is 1.08. The molecule has 0 aliphatic carbocycles. The number of carbonyl (C=O) groups excluding carboxylic acids is 2. The van der Waals surface area contributed by atoms with Gasteiger partial charge in [0.2, 0.25) is 16.9 Å². The van der Waals surface area contributed by atoms with Gasteiger partial charge in [-0.2, -0.15) is 0 Å². The number of aromatic nitrogens is 2. The van der Waals surface area contributed by atoms with Crippen molar-refractivity contribution in [3.63, 3.8) is 0 Å². The van der Waals surface area contributed by atoms with E-state index in [1.54, 1.807) is 12.1 Å². The van der Waals surface area contributed by atoms with E-state index >= 15 is 0 Å². The van der Waals surface area contributed by atoms with Crippen molar-refractivity contribution in [1.82, 2.24) is 15.1 Å². The average molecular weight is 479 g/mol. The van der Waals surface area contributed by atoms with Gasteiger partial charge in [-0.15, -0.1) is 10.2 Å². The Hall–Kier alpha value is -1.99. The molecule has 1 aromatic heterocycles. The van der Waals surface area contributed by atoms with Gasteiger partial charge in [-0.1, -0.05) is 69.7 Å². The van der Waals surface area contributed by atoms with Crippen LogP contribution in [0.2, 0.25) is 5.02 Å². The number of hydrogen-bond donors (Lipinski definition) is 1. The predicted octanol–water partition coefficient (Wildman–Crippen LogP) is 6.28. The van der Waals surface area contributed by atoms with Crippen molar-refractivity contribution in [2.75, 3.05) is 11.9 Å². The van der Waals surface area contributed by atoms with Crippen LogP contribution in [0.5, 0.6) is 0 Å². The summed E-state index contributed by atoms with van der Waals surface area (Å²) in [6.45, 7) is 13.2. The van der Waals surface area contributed by atoms with Crippen molar-refractivity contribution < 1.29 is 9.59 Å². The van der Waals surface area contributed by atoms with Crippen molar-refractivity contribution in [2.24, 2.45) is 11.3 Å². The topological polar surface area (TPSA) is 75.2 Å². The minimum Gasteiger partial charge on any atom is -0.339 e. The Labute approximate surface area is 200 Å². The maximum atomic E-state index is 13.0. The molecule has 0 saturated heterocycles. The minimum absolute atomic E-state index is 0.0928. The highest BCUT2D eigenvalue weighted by Crippen LogP contribution is 2.28. The molecular weight excluding hydrogens is 444 g/mol. The molecule has 0 spiro atoms. The van der Waals surface area contributed by atoms with E-state index in [4.69, 9.17) is 11.6 Å². The van der Waals surface area contributed by atoms with E-state index in [9.17, 15) is 9.59 Å². The fourth-order valence-electron chi connectivity index (χ4n) is 3.73. The lowest BCUT2D eigenvalue weighted by Crippen LogP contribution is -2.41. The highest BCUT2D eigenvalue weighted by Gasteiger charge is 2.24. The molecule has 1 aromatic carbocycles. The van der Waals surface area contributed by atoms with E-state index in [2.05, 4.69) is 50.1 Å². The molecule has 6 nitrogen and oxygen atoms in total. The summed E-state index contributed by atoms with van der Waals surface area (Å²) in [6.07, 6.45) is 2.56. The molecule has 0 fully saturated rings. The summed E-state index contributed by atoms with van der Waals surface area (Å²) >= 11 is 7.23. The van der Waals surface area contributed by atoms with Gasteiger partial charge in [-0.05, 0) is 43.2 Å². The first-order valence-corrected chi connectivity index (χ1v) is 12.4. The summed E-state index contributed by atoms with van der Waals surface area (Å²) in [4.78, 5) is 27.3. The van der Waals surface area contributed by atoms with Crippen LogP contribution in [0.3, 0.4) is 0 Å². The Bertz CT molecular complexity index is 892. The molecular formula is C24H35ClN4O2S. The van der Waals surface area contributed by atoms with Gasteiger partial charge >= 0.3 is 0 Å². The largest absolute Gasteiger partial charge is 0.339 e. The first kappa shape index (κ1) is 26.3. The lowest BCUT2D eigenvalue weighted by Gasteiger charge is -2.31. The number of amides is 2. The highest BCUT2D eigenvalue weighted by molar-refractivity contribution is 7.18. The molecule has 0 aliphatic rings. The molecule has 0 bridgehead atoms. The normalized spacial score (nSPS) is 13.5. The van der Waals surface area contributed by atoms with Crippen molar-refractivity contribution in [3.8, 4) is 10.6 Å². The van der Waals surface area contributed by atoms with Crippen molar-refractivity contribution in [2.45, 2.75) is 73.3 Å². The first-order chi connectivity index (χ1) is 15.0. The molecule has 2 unspecified atom stereocenters. The zero-order valence-corrected chi connectivity index (χ0v) is 21.5. The van der Waals surface area contributed by atoms with E-state index in [-0.39, 0.29) is 29.7 Å². The maximum absolute atomic E-state index is 13.0. The average Bonchev–Trinajstić information content (AvgIpc) is 3.15. The molecule has 2 aromatic rings. The Kier molecular flexibility index (Phi) is 9.64. The molecule has 1 heterocycles. The van der Waals surface area contributed by atoms with E-state index in [0.29, 0.717) is 34.0 Å². The van der Waals surface area contributed by atoms with E-state index in [1.807, 2.05) is 24.0 Å². The molecule has 1 N–H and O–H groups in total.